The predicted octanol–water partition coefficient (Wildman–Crippen LogP) is 2.24. The van der Waals surface area contributed by atoms with Gasteiger partial charge in [0.05, 0.1) is 0 Å². The third kappa shape index (κ3) is 3.82. The van der Waals surface area contributed by atoms with E-state index in [0.29, 0.717) is 0 Å². The van der Waals surface area contributed by atoms with Gasteiger partial charge in [0, 0.05) is 0 Å². The van der Waals surface area contributed by atoms with E-state index in [9.17, 15) is 4.79 Å². The fourth-order valence-corrected chi connectivity index (χ4v) is 1.91. The highest BCUT2D eigenvalue weighted by molar-refractivity contribution is 5.76. The van der Waals surface area contributed by atoms with E-state index >= 15 is 0 Å². The Morgan fingerprint density at radius 3 is 2.53 bits per heavy atom. The van der Waals surface area contributed by atoms with Crippen molar-refractivity contribution in [3.63, 3.8) is 0 Å². The van der Waals surface area contributed by atoms with E-state index in [4.69, 9.17) is 10.5 Å². The molecule has 2 N–H and O–H groups in total. The maximum Gasteiger partial charge on any atom is 0.323 e. The van der Waals surface area contributed by atoms with Crippen LogP contribution in [0.5, 0.6) is 0 Å². The molecule has 0 spiro atoms. The van der Waals surface area contributed by atoms with Crippen LogP contribution in [0, 0.1) is 5.92 Å². The van der Waals surface area contributed by atoms with E-state index in [1.165, 1.54) is 19.3 Å². The molecule has 0 aromatic carbocycles. The molecule has 1 aliphatic rings. The second-order valence-corrected chi connectivity index (χ2v) is 4.61. The van der Waals surface area contributed by atoms with Gasteiger partial charge in [0.1, 0.15) is 12.1 Å². The molecule has 0 heterocycles. The van der Waals surface area contributed by atoms with Crippen LogP contribution in [0.25, 0.3) is 0 Å². The summed E-state index contributed by atoms with van der Waals surface area (Å²) in [6.45, 7) is 4.03. The van der Waals surface area contributed by atoms with Gasteiger partial charge in [-0.3, -0.25) is 4.79 Å². The summed E-state index contributed by atoms with van der Waals surface area (Å²) < 4.78 is 5.41. The SMILES string of the molecule is CC[C@H](C)[C@H](N)C(=O)OC1CCCCC1. The minimum Gasteiger partial charge on any atom is -0.461 e. The zero-order valence-electron chi connectivity index (χ0n) is 9.87. The first-order chi connectivity index (χ1) is 7.15. The van der Waals surface area contributed by atoms with E-state index in [0.717, 1.165) is 19.3 Å². The van der Waals surface area contributed by atoms with Gasteiger partial charge in [0.15, 0.2) is 0 Å². The van der Waals surface area contributed by atoms with Gasteiger partial charge in [-0.05, 0) is 31.6 Å². The molecule has 0 aliphatic heterocycles. The highest BCUT2D eigenvalue weighted by Crippen LogP contribution is 2.21. The van der Waals surface area contributed by atoms with Gasteiger partial charge in [0.25, 0.3) is 0 Å². The van der Waals surface area contributed by atoms with Gasteiger partial charge in [0.2, 0.25) is 0 Å². The predicted molar refractivity (Wildman–Crippen MR) is 60.4 cm³/mol. The van der Waals surface area contributed by atoms with Crippen LogP contribution in [-0.2, 0) is 9.53 Å². The second kappa shape index (κ2) is 6.11. The van der Waals surface area contributed by atoms with Crippen molar-refractivity contribution in [2.75, 3.05) is 0 Å². The summed E-state index contributed by atoms with van der Waals surface area (Å²) in [5.41, 5.74) is 5.81. The van der Waals surface area contributed by atoms with Crippen LogP contribution in [-0.4, -0.2) is 18.1 Å². The van der Waals surface area contributed by atoms with E-state index in [-0.39, 0.29) is 18.0 Å². The molecule has 3 nitrogen and oxygen atoms in total. The minimum absolute atomic E-state index is 0.126. The highest BCUT2D eigenvalue weighted by atomic mass is 16.5. The van der Waals surface area contributed by atoms with Crippen LogP contribution < -0.4 is 5.73 Å². The van der Waals surface area contributed by atoms with Crippen LogP contribution in [0.15, 0.2) is 0 Å². The monoisotopic (exact) mass is 213 g/mol. The van der Waals surface area contributed by atoms with Crippen molar-refractivity contribution in [3.05, 3.63) is 0 Å². The maximum atomic E-state index is 11.7. The number of rotatable bonds is 4. The average molecular weight is 213 g/mol. The summed E-state index contributed by atoms with van der Waals surface area (Å²) in [7, 11) is 0. The molecule has 1 aliphatic carbocycles. The van der Waals surface area contributed by atoms with Gasteiger partial charge in [-0.25, -0.2) is 0 Å². The van der Waals surface area contributed by atoms with Crippen LogP contribution >= 0.6 is 0 Å². The standard InChI is InChI=1S/C12H23NO2/c1-3-9(2)11(13)12(14)15-10-7-5-4-6-8-10/h9-11H,3-8,13H2,1-2H3/t9-,11-/m0/s1. The molecular weight excluding hydrogens is 190 g/mol. The van der Waals surface area contributed by atoms with E-state index in [1.54, 1.807) is 0 Å². The Hall–Kier alpha value is -0.570. The Kier molecular flexibility index (Phi) is 5.09. The Balaban J connectivity index is 2.33. The van der Waals surface area contributed by atoms with Gasteiger partial charge in [-0.1, -0.05) is 26.7 Å². The largest absolute Gasteiger partial charge is 0.461 e. The smallest absolute Gasteiger partial charge is 0.323 e. The lowest BCUT2D eigenvalue weighted by atomic mass is 9.97. The lowest BCUT2D eigenvalue weighted by Crippen LogP contribution is -2.40. The summed E-state index contributed by atoms with van der Waals surface area (Å²) in [5, 5.41) is 0. The summed E-state index contributed by atoms with van der Waals surface area (Å²) in [6, 6.07) is -0.447. The van der Waals surface area contributed by atoms with E-state index in [2.05, 4.69) is 0 Å². The van der Waals surface area contributed by atoms with E-state index in [1.807, 2.05) is 13.8 Å². The summed E-state index contributed by atoms with van der Waals surface area (Å²) in [6.07, 6.45) is 6.69. The zero-order chi connectivity index (χ0) is 11.3. The van der Waals surface area contributed by atoms with Crippen molar-refractivity contribution in [3.8, 4) is 0 Å². The first-order valence-electron chi connectivity index (χ1n) is 6.11. The number of hydrogen-bond donors (Lipinski definition) is 1. The fourth-order valence-electron chi connectivity index (χ4n) is 1.91. The number of hydrogen-bond acceptors (Lipinski definition) is 3. The van der Waals surface area contributed by atoms with Crippen molar-refractivity contribution in [1.29, 1.82) is 0 Å². The molecule has 1 saturated carbocycles. The first kappa shape index (κ1) is 12.5. The van der Waals surface area contributed by atoms with Gasteiger partial charge < -0.3 is 10.5 Å². The molecule has 1 fully saturated rings. The van der Waals surface area contributed by atoms with Crippen molar-refractivity contribution in [1.82, 2.24) is 0 Å². The van der Waals surface area contributed by atoms with Crippen LogP contribution in [0.1, 0.15) is 52.4 Å². The molecule has 0 radical (unpaired) electrons. The molecule has 0 aromatic heterocycles. The van der Waals surface area contributed by atoms with Crippen molar-refractivity contribution in [2.24, 2.45) is 11.7 Å². The lowest BCUT2D eigenvalue weighted by molar-refractivity contribution is -0.153. The van der Waals surface area contributed by atoms with Crippen LogP contribution in [0.4, 0.5) is 0 Å². The molecule has 0 aromatic rings. The Morgan fingerprint density at radius 1 is 1.40 bits per heavy atom. The van der Waals surface area contributed by atoms with Crippen molar-refractivity contribution >= 4 is 5.97 Å². The maximum absolute atomic E-state index is 11.7. The second-order valence-electron chi connectivity index (χ2n) is 4.61. The normalized spacial score (nSPS) is 22.1. The molecule has 0 bridgehead atoms. The Bertz CT molecular complexity index is 200. The van der Waals surface area contributed by atoms with Crippen molar-refractivity contribution < 1.29 is 9.53 Å². The third-order valence-corrected chi connectivity index (χ3v) is 3.36. The summed E-state index contributed by atoms with van der Waals surface area (Å²) in [4.78, 5) is 11.7. The summed E-state index contributed by atoms with van der Waals surface area (Å²) in [5.74, 6) is -0.00246. The van der Waals surface area contributed by atoms with Crippen LogP contribution in [0.3, 0.4) is 0 Å². The average Bonchev–Trinajstić information content (AvgIpc) is 2.28. The topological polar surface area (TPSA) is 52.3 Å². The molecule has 3 heteroatoms. The van der Waals surface area contributed by atoms with Gasteiger partial charge in [-0.15, -0.1) is 0 Å². The molecule has 0 amide bonds. The number of nitrogens with two attached hydrogens (primary N) is 1. The number of ether oxygens (including phenoxy) is 1. The molecule has 1 rings (SSSR count). The first-order valence-corrected chi connectivity index (χ1v) is 6.11. The lowest BCUT2D eigenvalue weighted by Gasteiger charge is -2.25. The molecule has 0 saturated heterocycles. The summed E-state index contributed by atoms with van der Waals surface area (Å²) >= 11 is 0. The quantitative estimate of drug-likeness (QED) is 0.729. The number of carbonyl (C=O) groups excluding carboxylic acids is 1. The molecular formula is C12H23NO2. The molecule has 2 atom stereocenters. The third-order valence-electron chi connectivity index (χ3n) is 3.36. The highest BCUT2D eigenvalue weighted by Gasteiger charge is 2.24. The Labute approximate surface area is 92.4 Å². The number of esters is 1. The van der Waals surface area contributed by atoms with Crippen molar-refractivity contribution in [2.45, 2.75) is 64.5 Å². The minimum atomic E-state index is -0.447. The molecule has 15 heavy (non-hydrogen) atoms. The van der Waals surface area contributed by atoms with Crippen LogP contribution in [0.2, 0.25) is 0 Å². The Morgan fingerprint density at radius 2 is 2.00 bits per heavy atom. The van der Waals surface area contributed by atoms with Gasteiger partial charge in [-0.2, -0.15) is 0 Å². The number of carbonyl (C=O) groups is 1. The molecule has 88 valence electrons. The molecule has 0 unspecified atom stereocenters. The van der Waals surface area contributed by atoms with E-state index < -0.39 is 6.04 Å². The zero-order valence-corrected chi connectivity index (χ0v) is 9.87. The fraction of sp³-hybridized carbons (Fsp3) is 0.917. The van der Waals surface area contributed by atoms with Gasteiger partial charge >= 0.3 is 5.97 Å².